The van der Waals surface area contributed by atoms with E-state index in [9.17, 15) is 14.4 Å². The molecule has 0 spiro atoms. The molecule has 0 aliphatic carbocycles. The Balaban J connectivity index is 1.53. The van der Waals surface area contributed by atoms with Crippen LogP contribution in [0.15, 0.2) is 48.5 Å². The number of halogens is 1. The molecule has 1 aliphatic heterocycles. The summed E-state index contributed by atoms with van der Waals surface area (Å²) in [7, 11) is 1.31. The summed E-state index contributed by atoms with van der Waals surface area (Å²) in [6.45, 7) is 0.977. The molecule has 28 heavy (non-hydrogen) atoms. The zero-order valence-corrected chi connectivity index (χ0v) is 16.1. The first-order valence-electron chi connectivity index (χ1n) is 8.93. The molecule has 1 aliphatic rings. The molecule has 0 unspecified atom stereocenters. The second kappa shape index (κ2) is 8.89. The fourth-order valence-corrected chi connectivity index (χ4v) is 3.20. The molecule has 146 valence electrons. The highest BCUT2D eigenvalue weighted by atomic mass is 35.5. The standard InChI is InChI=1S/C21H20ClNO5/c1-27-20(25)15-4-8-18(9-5-15)28-21(26)16-10-12-23(13-11-16)19(24)14-2-6-17(22)7-3-14/h2-9,16H,10-13H2,1H3. The van der Waals surface area contributed by atoms with Gasteiger partial charge in [0.15, 0.2) is 0 Å². The number of esters is 2. The van der Waals surface area contributed by atoms with Crippen LogP contribution in [0.1, 0.15) is 33.6 Å². The molecule has 7 heteroatoms. The van der Waals surface area contributed by atoms with Gasteiger partial charge in [0.2, 0.25) is 0 Å². The molecule has 0 radical (unpaired) electrons. The number of amides is 1. The molecule has 1 fully saturated rings. The third-order valence-corrected chi connectivity index (χ3v) is 4.95. The van der Waals surface area contributed by atoms with Crippen molar-refractivity contribution in [2.45, 2.75) is 12.8 Å². The summed E-state index contributed by atoms with van der Waals surface area (Å²) < 4.78 is 10.0. The molecule has 1 heterocycles. The maximum absolute atomic E-state index is 12.5. The van der Waals surface area contributed by atoms with E-state index in [0.29, 0.717) is 47.8 Å². The first kappa shape index (κ1) is 19.9. The van der Waals surface area contributed by atoms with Crippen molar-refractivity contribution in [3.63, 3.8) is 0 Å². The number of carbonyl (C=O) groups excluding carboxylic acids is 3. The molecule has 0 N–H and O–H groups in total. The van der Waals surface area contributed by atoms with Crippen molar-refractivity contribution in [1.29, 1.82) is 0 Å². The van der Waals surface area contributed by atoms with Crippen LogP contribution in [-0.4, -0.2) is 42.9 Å². The maximum atomic E-state index is 12.5. The Morgan fingerprint density at radius 3 is 2.07 bits per heavy atom. The second-order valence-corrected chi connectivity index (χ2v) is 6.95. The van der Waals surface area contributed by atoms with E-state index in [1.54, 1.807) is 53.4 Å². The Labute approximate surface area is 168 Å². The van der Waals surface area contributed by atoms with E-state index in [1.165, 1.54) is 7.11 Å². The van der Waals surface area contributed by atoms with Gasteiger partial charge in [-0.3, -0.25) is 9.59 Å². The van der Waals surface area contributed by atoms with Crippen molar-refractivity contribution in [2.24, 2.45) is 5.92 Å². The third kappa shape index (κ3) is 4.70. The topological polar surface area (TPSA) is 72.9 Å². The van der Waals surface area contributed by atoms with Gasteiger partial charge in [-0.2, -0.15) is 0 Å². The normalized spacial score (nSPS) is 14.4. The van der Waals surface area contributed by atoms with Crippen LogP contribution in [0.5, 0.6) is 5.75 Å². The van der Waals surface area contributed by atoms with Gasteiger partial charge in [-0.05, 0) is 61.4 Å². The summed E-state index contributed by atoms with van der Waals surface area (Å²) in [5.41, 5.74) is 0.965. The van der Waals surface area contributed by atoms with E-state index < -0.39 is 5.97 Å². The average Bonchev–Trinajstić information content (AvgIpc) is 2.74. The average molecular weight is 402 g/mol. The molecular weight excluding hydrogens is 382 g/mol. The number of hydrogen-bond acceptors (Lipinski definition) is 5. The molecule has 0 atom stereocenters. The number of piperidine rings is 1. The highest BCUT2D eigenvalue weighted by Crippen LogP contribution is 2.23. The Morgan fingerprint density at radius 1 is 0.929 bits per heavy atom. The van der Waals surface area contributed by atoms with Crippen molar-refractivity contribution in [3.05, 3.63) is 64.7 Å². The molecule has 2 aromatic carbocycles. The highest BCUT2D eigenvalue weighted by molar-refractivity contribution is 6.30. The SMILES string of the molecule is COC(=O)c1ccc(OC(=O)C2CCN(C(=O)c3ccc(Cl)cc3)CC2)cc1. The van der Waals surface area contributed by atoms with Crippen LogP contribution in [-0.2, 0) is 9.53 Å². The fraction of sp³-hybridized carbons (Fsp3) is 0.286. The molecule has 3 rings (SSSR count). The highest BCUT2D eigenvalue weighted by Gasteiger charge is 2.29. The molecule has 2 aromatic rings. The summed E-state index contributed by atoms with van der Waals surface area (Å²) in [4.78, 5) is 38.1. The van der Waals surface area contributed by atoms with Crippen molar-refractivity contribution in [1.82, 2.24) is 4.90 Å². The predicted molar refractivity (Wildman–Crippen MR) is 103 cm³/mol. The summed E-state index contributed by atoms with van der Waals surface area (Å²) in [5, 5.41) is 0.581. The van der Waals surface area contributed by atoms with E-state index >= 15 is 0 Å². The first-order chi connectivity index (χ1) is 13.5. The van der Waals surface area contributed by atoms with Crippen LogP contribution in [0.3, 0.4) is 0 Å². The minimum Gasteiger partial charge on any atom is -0.465 e. The van der Waals surface area contributed by atoms with Crippen molar-refractivity contribution >= 4 is 29.4 Å². The lowest BCUT2D eigenvalue weighted by Gasteiger charge is -2.31. The fourth-order valence-electron chi connectivity index (χ4n) is 3.07. The molecule has 1 amide bonds. The number of likely N-dealkylation sites (tertiary alicyclic amines) is 1. The maximum Gasteiger partial charge on any atom is 0.337 e. The number of rotatable bonds is 4. The van der Waals surface area contributed by atoms with Gasteiger partial charge >= 0.3 is 11.9 Å². The van der Waals surface area contributed by atoms with Crippen molar-refractivity contribution in [3.8, 4) is 5.75 Å². The summed E-state index contributed by atoms with van der Waals surface area (Å²) in [6, 6.07) is 13.0. The van der Waals surface area contributed by atoms with E-state index in [-0.39, 0.29) is 17.8 Å². The number of hydrogen-bond donors (Lipinski definition) is 0. The summed E-state index contributed by atoms with van der Waals surface area (Å²) >= 11 is 5.85. The molecule has 0 bridgehead atoms. The largest absolute Gasteiger partial charge is 0.465 e. The van der Waals surface area contributed by atoms with E-state index in [1.807, 2.05) is 0 Å². The zero-order valence-electron chi connectivity index (χ0n) is 15.4. The smallest absolute Gasteiger partial charge is 0.337 e. The van der Waals surface area contributed by atoms with Gasteiger partial charge in [0, 0.05) is 23.7 Å². The number of carbonyl (C=O) groups is 3. The van der Waals surface area contributed by atoms with Gasteiger partial charge in [-0.1, -0.05) is 11.6 Å². The third-order valence-electron chi connectivity index (χ3n) is 4.70. The monoisotopic (exact) mass is 401 g/mol. The Hall–Kier alpha value is -2.86. The van der Waals surface area contributed by atoms with Gasteiger partial charge in [-0.15, -0.1) is 0 Å². The van der Waals surface area contributed by atoms with Gasteiger partial charge in [-0.25, -0.2) is 4.79 Å². The first-order valence-corrected chi connectivity index (χ1v) is 9.30. The minimum absolute atomic E-state index is 0.0677. The Bertz CT molecular complexity index is 855. The lowest BCUT2D eigenvalue weighted by Crippen LogP contribution is -2.41. The van der Waals surface area contributed by atoms with Crippen LogP contribution in [0, 0.1) is 5.92 Å². The zero-order chi connectivity index (χ0) is 20.1. The molecular formula is C21H20ClNO5. The molecule has 0 aromatic heterocycles. The van der Waals surface area contributed by atoms with E-state index in [4.69, 9.17) is 16.3 Å². The summed E-state index contributed by atoms with van der Waals surface area (Å²) in [5.74, 6) is -0.742. The number of nitrogens with zero attached hydrogens (tertiary/aromatic N) is 1. The lowest BCUT2D eigenvalue weighted by atomic mass is 9.96. The van der Waals surface area contributed by atoms with Crippen LogP contribution in [0.4, 0.5) is 0 Å². The van der Waals surface area contributed by atoms with Gasteiger partial charge in [0.25, 0.3) is 5.91 Å². The number of benzene rings is 2. The van der Waals surface area contributed by atoms with Crippen LogP contribution in [0.25, 0.3) is 0 Å². The lowest BCUT2D eigenvalue weighted by molar-refractivity contribution is -0.140. The van der Waals surface area contributed by atoms with E-state index in [2.05, 4.69) is 4.74 Å². The Kier molecular flexibility index (Phi) is 6.31. The number of ether oxygens (including phenoxy) is 2. The van der Waals surface area contributed by atoms with Crippen molar-refractivity contribution < 1.29 is 23.9 Å². The second-order valence-electron chi connectivity index (χ2n) is 6.51. The van der Waals surface area contributed by atoms with Gasteiger partial charge in [0.05, 0.1) is 18.6 Å². The molecule has 1 saturated heterocycles. The van der Waals surface area contributed by atoms with Crippen molar-refractivity contribution in [2.75, 3.05) is 20.2 Å². The summed E-state index contributed by atoms with van der Waals surface area (Å²) in [6.07, 6.45) is 1.08. The van der Waals surface area contributed by atoms with Gasteiger partial charge in [0.1, 0.15) is 5.75 Å². The minimum atomic E-state index is -0.449. The quantitative estimate of drug-likeness (QED) is 0.578. The predicted octanol–water partition coefficient (Wildman–Crippen LogP) is 3.58. The van der Waals surface area contributed by atoms with Crippen LogP contribution >= 0.6 is 11.6 Å². The molecule has 6 nitrogen and oxygen atoms in total. The van der Waals surface area contributed by atoms with E-state index in [0.717, 1.165) is 0 Å². The van der Waals surface area contributed by atoms with Gasteiger partial charge < -0.3 is 14.4 Å². The Morgan fingerprint density at radius 2 is 1.50 bits per heavy atom. The van der Waals surface area contributed by atoms with Crippen LogP contribution < -0.4 is 4.74 Å². The van der Waals surface area contributed by atoms with Crippen LogP contribution in [0.2, 0.25) is 5.02 Å². The molecule has 0 saturated carbocycles. The number of methoxy groups -OCH3 is 1.